The van der Waals surface area contributed by atoms with Crippen molar-refractivity contribution in [3.05, 3.63) is 24.3 Å². The van der Waals surface area contributed by atoms with Crippen molar-refractivity contribution in [2.45, 2.75) is 37.7 Å². The number of nitrogens with zero attached hydrogens (tertiary/aromatic N) is 1. The number of rotatable bonds is 4. The predicted molar refractivity (Wildman–Crippen MR) is 88.9 cm³/mol. The second kappa shape index (κ2) is 11.7. The highest BCUT2D eigenvalue weighted by atomic mass is 32.2. The SMILES string of the molecule is C#C.CC(C)Oc1ccc(SN2CCCC2)cc1.CN. The van der Waals surface area contributed by atoms with Crippen LogP contribution in [-0.2, 0) is 0 Å². The molecule has 0 atom stereocenters. The molecular formula is C16H26N2OS. The number of ether oxygens (including phenoxy) is 1. The fourth-order valence-electron chi connectivity index (χ4n) is 1.78. The zero-order chi connectivity index (χ0) is 15.4. The summed E-state index contributed by atoms with van der Waals surface area (Å²) >= 11 is 1.86. The highest BCUT2D eigenvalue weighted by molar-refractivity contribution is 7.97. The highest BCUT2D eigenvalue weighted by Gasteiger charge is 2.12. The summed E-state index contributed by atoms with van der Waals surface area (Å²) < 4.78 is 8.05. The van der Waals surface area contributed by atoms with E-state index < -0.39 is 0 Å². The van der Waals surface area contributed by atoms with Crippen molar-refractivity contribution < 1.29 is 4.74 Å². The molecule has 1 heterocycles. The molecule has 2 rings (SSSR count). The molecule has 0 unspecified atom stereocenters. The molecule has 1 fully saturated rings. The van der Waals surface area contributed by atoms with Crippen LogP contribution in [0.3, 0.4) is 0 Å². The first kappa shape index (κ1) is 18.9. The Morgan fingerprint density at radius 3 is 2.05 bits per heavy atom. The molecule has 4 heteroatoms. The molecule has 0 aromatic heterocycles. The van der Waals surface area contributed by atoms with Gasteiger partial charge < -0.3 is 10.5 Å². The van der Waals surface area contributed by atoms with Gasteiger partial charge in [0.15, 0.2) is 0 Å². The number of nitrogens with two attached hydrogens (primary N) is 1. The minimum Gasteiger partial charge on any atom is -0.491 e. The van der Waals surface area contributed by atoms with Crippen LogP contribution >= 0.6 is 11.9 Å². The van der Waals surface area contributed by atoms with Crippen LogP contribution < -0.4 is 10.5 Å². The Morgan fingerprint density at radius 2 is 1.60 bits per heavy atom. The molecule has 0 bridgehead atoms. The Labute approximate surface area is 128 Å². The number of benzene rings is 1. The van der Waals surface area contributed by atoms with Gasteiger partial charge in [0.1, 0.15) is 5.75 Å². The maximum Gasteiger partial charge on any atom is 0.119 e. The zero-order valence-electron chi connectivity index (χ0n) is 12.7. The van der Waals surface area contributed by atoms with Gasteiger partial charge in [0, 0.05) is 18.0 Å². The van der Waals surface area contributed by atoms with Crippen LogP contribution in [0.15, 0.2) is 29.2 Å². The summed E-state index contributed by atoms with van der Waals surface area (Å²) in [6, 6.07) is 8.39. The van der Waals surface area contributed by atoms with Gasteiger partial charge in [-0.3, -0.25) is 0 Å². The third kappa shape index (κ3) is 7.44. The van der Waals surface area contributed by atoms with Gasteiger partial charge in [-0.25, -0.2) is 4.31 Å². The average Bonchev–Trinajstić information content (AvgIpc) is 2.98. The van der Waals surface area contributed by atoms with Crippen molar-refractivity contribution in [2.24, 2.45) is 5.73 Å². The molecule has 2 N–H and O–H groups in total. The van der Waals surface area contributed by atoms with Crippen LogP contribution in [-0.4, -0.2) is 30.5 Å². The summed E-state index contributed by atoms with van der Waals surface area (Å²) in [5, 5.41) is 0. The van der Waals surface area contributed by atoms with E-state index in [2.05, 4.69) is 47.2 Å². The molecule has 1 aliphatic heterocycles. The molecule has 0 saturated carbocycles. The molecule has 0 aliphatic carbocycles. The lowest BCUT2D eigenvalue weighted by molar-refractivity contribution is 0.242. The number of hydrogen-bond donors (Lipinski definition) is 1. The zero-order valence-corrected chi connectivity index (χ0v) is 13.5. The molecule has 20 heavy (non-hydrogen) atoms. The van der Waals surface area contributed by atoms with Crippen LogP contribution in [0.5, 0.6) is 5.75 Å². The van der Waals surface area contributed by atoms with E-state index in [0.29, 0.717) is 0 Å². The van der Waals surface area contributed by atoms with Crippen molar-refractivity contribution in [3.63, 3.8) is 0 Å². The lowest BCUT2D eigenvalue weighted by Gasteiger charge is -2.14. The normalized spacial score (nSPS) is 13.9. The van der Waals surface area contributed by atoms with E-state index in [4.69, 9.17) is 4.74 Å². The largest absolute Gasteiger partial charge is 0.491 e. The van der Waals surface area contributed by atoms with E-state index in [1.165, 1.54) is 37.9 Å². The highest BCUT2D eigenvalue weighted by Crippen LogP contribution is 2.28. The fourth-order valence-corrected chi connectivity index (χ4v) is 2.78. The summed E-state index contributed by atoms with van der Waals surface area (Å²) in [6.45, 7) is 6.53. The molecular weight excluding hydrogens is 268 g/mol. The summed E-state index contributed by atoms with van der Waals surface area (Å²) in [5.41, 5.74) is 4.50. The second-order valence-electron chi connectivity index (χ2n) is 4.37. The first-order valence-corrected chi connectivity index (χ1v) is 7.62. The fraction of sp³-hybridized carbons (Fsp3) is 0.500. The van der Waals surface area contributed by atoms with Crippen molar-refractivity contribution in [3.8, 4) is 18.6 Å². The molecule has 0 spiro atoms. The minimum atomic E-state index is 0.247. The molecule has 0 radical (unpaired) electrons. The molecule has 1 saturated heterocycles. The van der Waals surface area contributed by atoms with Gasteiger partial charge >= 0.3 is 0 Å². The summed E-state index contributed by atoms with van der Waals surface area (Å²) in [4.78, 5) is 1.30. The van der Waals surface area contributed by atoms with E-state index in [1.54, 1.807) is 0 Å². The molecule has 0 amide bonds. The maximum atomic E-state index is 5.62. The summed E-state index contributed by atoms with van der Waals surface area (Å²) in [6.07, 6.45) is 10.9. The van der Waals surface area contributed by atoms with Crippen LogP contribution in [0.1, 0.15) is 26.7 Å². The second-order valence-corrected chi connectivity index (χ2v) is 5.54. The Bertz CT molecular complexity index is 356. The van der Waals surface area contributed by atoms with Crippen molar-refractivity contribution in [1.82, 2.24) is 4.31 Å². The summed E-state index contributed by atoms with van der Waals surface area (Å²) in [7, 11) is 1.50. The standard InChI is InChI=1S/C13H19NOS.C2H2.CH5N/c1-11(2)15-12-5-7-13(8-6-12)16-14-9-3-4-10-14;2*1-2/h5-8,11H,3-4,9-10H2,1-2H3;1-2H;2H2,1H3. The lowest BCUT2D eigenvalue weighted by Crippen LogP contribution is -2.08. The first-order valence-electron chi connectivity index (χ1n) is 6.85. The van der Waals surface area contributed by atoms with E-state index in [9.17, 15) is 0 Å². The summed E-state index contributed by atoms with van der Waals surface area (Å²) in [5.74, 6) is 0.959. The Balaban J connectivity index is 0.000000829. The van der Waals surface area contributed by atoms with Crippen molar-refractivity contribution in [2.75, 3.05) is 20.1 Å². The monoisotopic (exact) mass is 294 g/mol. The molecule has 1 aromatic carbocycles. The van der Waals surface area contributed by atoms with Gasteiger partial charge in [-0.15, -0.1) is 12.8 Å². The topological polar surface area (TPSA) is 38.5 Å². The molecule has 112 valence electrons. The van der Waals surface area contributed by atoms with E-state index in [0.717, 1.165) is 5.75 Å². The van der Waals surface area contributed by atoms with Gasteiger partial charge in [0.25, 0.3) is 0 Å². The van der Waals surface area contributed by atoms with Gasteiger partial charge in [0.2, 0.25) is 0 Å². The van der Waals surface area contributed by atoms with Crippen LogP contribution in [0.25, 0.3) is 0 Å². The quantitative estimate of drug-likeness (QED) is 0.682. The molecule has 1 aliphatic rings. The Morgan fingerprint density at radius 1 is 1.10 bits per heavy atom. The van der Waals surface area contributed by atoms with Gasteiger partial charge in [-0.1, -0.05) is 0 Å². The van der Waals surface area contributed by atoms with Crippen molar-refractivity contribution >= 4 is 11.9 Å². The lowest BCUT2D eigenvalue weighted by atomic mass is 10.3. The van der Waals surface area contributed by atoms with Crippen LogP contribution in [0.2, 0.25) is 0 Å². The van der Waals surface area contributed by atoms with Crippen LogP contribution in [0, 0.1) is 12.8 Å². The third-order valence-electron chi connectivity index (χ3n) is 2.50. The van der Waals surface area contributed by atoms with Gasteiger partial charge in [0.05, 0.1) is 6.10 Å². The van der Waals surface area contributed by atoms with E-state index in [-0.39, 0.29) is 6.10 Å². The number of hydrogen-bond acceptors (Lipinski definition) is 4. The van der Waals surface area contributed by atoms with Gasteiger partial charge in [-0.05, 0) is 70.0 Å². The van der Waals surface area contributed by atoms with E-state index >= 15 is 0 Å². The number of terminal acetylenes is 1. The van der Waals surface area contributed by atoms with Gasteiger partial charge in [-0.2, -0.15) is 0 Å². The average molecular weight is 294 g/mol. The Kier molecular flexibility index (Phi) is 11.0. The molecule has 3 nitrogen and oxygen atoms in total. The van der Waals surface area contributed by atoms with Crippen molar-refractivity contribution in [1.29, 1.82) is 0 Å². The maximum absolute atomic E-state index is 5.62. The smallest absolute Gasteiger partial charge is 0.119 e. The molecule has 1 aromatic rings. The van der Waals surface area contributed by atoms with E-state index in [1.807, 2.05) is 25.8 Å². The predicted octanol–water partition coefficient (Wildman–Crippen LogP) is 3.40. The first-order chi connectivity index (χ1) is 9.74. The van der Waals surface area contributed by atoms with Crippen LogP contribution in [0.4, 0.5) is 0 Å². The third-order valence-corrected chi connectivity index (χ3v) is 3.60. The minimum absolute atomic E-state index is 0.247. The Hall–Kier alpha value is -1.15.